The number of hydrogen-bond donors (Lipinski definition) is 0. The molecule has 0 bridgehead atoms. The average molecular weight is 90.9 g/mol. The van der Waals surface area contributed by atoms with Crippen LogP contribution in [0.3, 0.4) is 0 Å². The summed E-state index contributed by atoms with van der Waals surface area (Å²) in [5, 5.41) is 0. The van der Waals surface area contributed by atoms with Gasteiger partial charge in [-0.2, -0.15) is 0 Å². The third-order valence-corrected chi connectivity index (χ3v) is 0.743. The molecule has 1 radical (unpaired) electrons. The topological polar surface area (TPSA) is 17.1 Å². The van der Waals surface area contributed by atoms with Gasteiger partial charge in [-0.25, -0.2) is 0 Å². The van der Waals surface area contributed by atoms with E-state index in [1.165, 1.54) is 13.4 Å². The molecule has 0 saturated carbocycles. The normalized spacial score (nSPS) is 16.9. The van der Waals surface area contributed by atoms with Gasteiger partial charge in [0, 0.05) is 0 Å². The molecule has 0 spiro atoms. The van der Waals surface area contributed by atoms with Gasteiger partial charge >= 0.3 is 0 Å². The Bertz CT molecular complexity index is 135. The zero-order valence-electron chi connectivity index (χ0n) is 3.79. The number of allylic oxidation sites excluding steroid dienone is 3. The quantitative estimate of drug-likeness (QED) is 0.392. The predicted octanol–water partition coefficient (Wildman–Crippen LogP) is 0.301. The van der Waals surface area contributed by atoms with Gasteiger partial charge in [0.2, 0.25) is 7.28 Å². The molecule has 1 rings (SSSR count). The molecule has 0 aromatic heterocycles. The Morgan fingerprint density at radius 3 is 2.57 bits per heavy atom. The van der Waals surface area contributed by atoms with Crippen LogP contribution in [0.2, 0.25) is 0 Å². The number of carbonyl (C=O) groups excluding carboxylic acids is 1. The summed E-state index contributed by atoms with van der Waals surface area (Å²) in [6.45, 7) is 0. The molecule has 0 fully saturated rings. The van der Waals surface area contributed by atoms with Crippen molar-refractivity contribution in [2.75, 3.05) is 0 Å². The van der Waals surface area contributed by atoms with Crippen LogP contribution in [-0.2, 0) is 4.79 Å². The average Bonchev–Trinajstić information content (AvgIpc) is 1.69. The van der Waals surface area contributed by atoms with E-state index < -0.39 is 0 Å². The van der Waals surface area contributed by atoms with Crippen LogP contribution in [0.5, 0.6) is 0 Å². The van der Waals surface area contributed by atoms with E-state index in [0.717, 1.165) is 0 Å². The minimum absolute atomic E-state index is 0.0718. The number of rotatable bonds is 0. The van der Waals surface area contributed by atoms with Crippen LogP contribution in [0.25, 0.3) is 0 Å². The Morgan fingerprint density at radius 2 is 2.29 bits per heavy atom. The summed E-state index contributed by atoms with van der Waals surface area (Å²) in [5.74, 6) is 1.72. The van der Waals surface area contributed by atoms with Gasteiger partial charge < -0.3 is 4.79 Å². The summed E-state index contributed by atoms with van der Waals surface area (Å²) in [4.78, 5) is 10.3. The Hall–Kier alpha value is -0.785. The lowest BCUT2D eigenvalue weighted by atomic mass is 9.71. The second-order valence-electron chi connectivity index (χ2n) is 1.31. The van der Waals surface area contributed by atoms with Gasteiger partial charge in [0.25, 0.3) is 0 Å². The zero-order chi connectivity index (χ0) is 5.11. The van der Waals surface area contributed by atoms with E-state index >= 15 is 0 Å². The maximum atomic E-state index is 10.3. The molecular weight excluding hydrogens is 86.9 g/mol. The molecule has 0 aromatic carbocycles. The molecule has 0 aromatic rings. The summed E-state index contributed by atoms with van der Waals surface area (Å²) in [6, 6.07) is 0. The van der Waals surface area contributed by atoms with Crippen LogP contribution >= 0.6 is 0 Å². The minimum atomic E-state index is 0.0718. The van der Waals surface area contributed by atoms with E-state index in [0.29, 0.717) is 0 Å². The molecule has 0 unspecified atom stereocenters. The molecule has 1 aliphatic heterocycles. The first-order chi connectivity index (χ1) is 3.39. The molecule has 0 aliphatic carbocycles. The third-order valence-electron chi connectivity index (χ3n) is 0.743. The molecule has 1 aliphatic rings. The predicted molar refractivity (Wildman–Crippen MR) is 29.0 cm³/mol. The van der Waals surface area contributed by atoms with Gasteiger partial charge in [0.05, 0.1) is 0 Å². The Labute approximate surface area is 43.0 Å². The van der Waals surface area contributed by atoms with Gasteiger partial charge in [0.15, 0.2) is 0 Å². The number of carbonyl (C=O) groups is 1. The summed E-state index contributed by atoms with van der Waals surface area (Å²) in [5.41, 5.74) is 0.0718. The van der Waals surface area contributed by atoms with E-state index in [2.05, 4.69) is 0 Å². The van der Waals surface area contributed by atoms with Crippen molar-refractivity contribution in [3.05, 3.63) is 24.2 Å². The molecule has 1 heterocycles. The van der Waals surface area contributed by atoms with Crippen LogP contribution in [0.15, 0.2) is 24.2 Å². The highest BCUT2D eigenvalue weighted by molar-refractivity contribution is 6.80. The summed E-state index contributed by atoms with van der Waals surface area (Å²) in [7, 11) is 1.53. The Morgan fingerprint density at radius 1 is 1.43 bits per heavy atom. The molecule has 1 nitrogen and oxygen atoms in total. The molecular formula is C5H4BO. The molecule has 0 atom stereocenters. The second-order valence-corrected chi connectivity index (χ2v) is 1.31. The van der Waals surface area contributed by atoms with Crippen LogP contribution in [0.4, 0.5) is 0 Å². The van der Waals surface area contributed by atoms with Crippen molar-refractivity contribution in [2.24, 2.45) is 0 Å². The monoisotopic (exact) mass is 91.0 g/mol. The largest absolute Gasteiger partial charge is 0.307 e. The highest BCUT2D eigenvalue weighted by Gasteiger charge is 1.95. The third kappa shape index (κ3) is 1.04. The zero-order valence-corrected chi connectivity index (χ0v) is 3.79. The van der Waals surface area contributed by atoms with Crippen LogP contribution in [0, 0.1) is 0 Å². The smallest absolute Gasteiger partial charge is 0.237 e. The van der Waals surface area contributed by atoms with E-state index in [1.807, 2.05) is 6.08 Å². The molecule has 0 N–H and O–H groups in total. The van der Waals surface area contributed by atoms with Crippen LogP contribution in [-0.4, -0.2) is 13.0 Å². The SMILES string of the molecule is O=C1[B]C=CC=C1. The first-order valence-corrected chi connectivity index (χ1v) is 2.11. The molecule has 7 heavy (non-hydrogen) atoms. The van der Waals surface area contributed by atoms with Gasteiger partial charge in [-0.05, 0) is 6.08 Å². The first kappa shape index (κ1) is 4.38. The van der Waals surface area contributed by atoms with Crippen molar-refractivity contribution < 1.29 is 4.79 Å². The van der Waals surface area contributed by atoms with E-state index in [4.69, 9.17) is 0 Å². The molecule has 33 valence electrons. The summed E-state index contributed by atoms with van der Waals surface area (Å²) >= 11 is 0. The molecule has 0 saturated heterocycles. The van der Waals surface area contributed by atoms with Crippen molar-refractivity contribution in [2.45, 2.75) is 0 Å². The first-order valence-electron chi connectivity index (χ1n) is 2.11. The van der Waals surface area contributed by atoms with Gasteiger partial charge in [0.1, 0.15) is 5.68 Å². The Kier molecular flexibility index (Phi) is 1.11. The van der Waals surface area contributed by atoms with E-state index in [-0.39, 0.29) is 5.68 Å². The van der Waals surface area contributed by atoms with Gasteiger partial charge in [-0.3, -0.25) is 0 Å². The highest BCUT2D eigenvalue weighted by Crippen LogP contribution is 1.85. The molecule has 0 amide bonds. The maximum absolute atomic E-state index is 10.3. The molecule has 2 heteroatoms. The highest BCUT2D eigenvalue weighted by atomic mass is 16.1. The fourth-order valence-electron chi connectivity index (χ4n) is 0.420. The van der Waals surface area contributed by atoms with Crippen LogP contribution in [0.1, 0.15) is 0 Å². The lowest BCUT2D eigenvalue weighted by molar-refractivity contribution is -0.108. The summed E-state index contributed by atoms with van der Waals surface area (Å²) in [6.07, 6.45) is 5.07. The van der Waals surface area contributed by atoms with Gasteiger partial charge in [-0.1, -0.05) is 12.2 Å². The fourth-order valence-corrected chi connectivity index (χ4v) is 0.420. The Balaban J connectivity index is 2.66. The number of hydrogen-bond acceptors (Lipinski definition) is 1. The lowest BCUT2D eigenvalue weighted by Gasteiger charge is -1.86. The fraction of sp³-hybridized carbons (Fsp3) is 0. The lowest BCUT2D eigenvalue weighted by Crippen LogP contribution is -2.03. The standard InChI is InChI=1S/C5H4BO/c7-5-3-1-2-4-6-5/h1-4H. The minimum Gasteiger partial charge on any atom is -0.307 e. The van der Waals surface area contributed by atoms with Gasteiger partial charge in [-0.15, -0.1) is 5.98 Å². The van der Waals surface area contributed by atoms with E-state index in [9.17, 15) is 4.79 Å². The summed E-state index contributed by atoms with van der Waals surface area (Å²) < 4.78 is 0. The van der Waals surface area contributed by atoms with Crippen molar-refractivity contribution >= 4 is 13.0 Å². The second kappa shape index (κ2) is 1.78. The van der Waals surface area contributed by atoms with Crippen molar-refractivity contribution in [1.29, 1.82) is 0 Å². The van der Waals surface area contributed by atoms with Crippen LogP contribution < -0.4 is 0 Å². The van der Waals surface area contributed by atoms with Crippen molar-refractivity contribution in [3.63, 3.8) is 0 Å². The van der Waals surface area contributed by atoms with Crippen molar-refractivity contribution in [1.82, 2.24) is 0 Å². The van der Waals surface area contributed by atoms with Crippen molar-refractivity contribution in [3.8, 4) is 0 Å². The van der Waals surface area contributed by atoms with E-state index in [1.54, 1.807) is 12.1 Å². The maximum Gasteiger partial charge on any atom is 0.237 e.